The van der Waals surface area contributed by atoms with E-state index in [0.717, 1.165) is 0 Å². The van der Waals surface area contributed by atoms with Crippen molar-refractivity contribution in [3.8, 4) is 0 Å². The monoisotopic (exact) mass is 305 g/mol. The highest BCUT2D eigenvalue weighted by atomic mass is 19.3. The van der Waals surface area contributed by atoms with Crippen molar-refractivity contribution in [3.05, 3.63) is 0 Å². The molecular weight excluding hydrogens is 280 g/mol. The van der Waals surface area contributed by atoms with Gasteiger partial charge in [-0.05, 0) is 46.5 Å². The third-order valence-corrected chi connectivity index (χ3v) is 4.60. The number of likely N-dealkylation sites (tertiary alicyclic amines) is 1. The molecule has 0 radical (unpaired) electrons. The van der Waals surface area contributed by atoms with Crippen LogP contribution in [0.5, 0.6) is 0 Å². The maximum Gasteiger partial charge on any atom is 0.410 e. The van der Waals surface area contributed by atoms with Gasteiger partial charge in [-0.3, -0.25) is 0 Å². The van der Waals surface area contributed by atoms with Crippen molar-refractivity contribution in [2.24, 2.45) is 5.41 Å². The zero-order valence-electron chi connectivity index (χ0n) is 13.0. The molecule has 0 bridgehead atoms. The molecule has 1 aliphatic carbocycles. The van der Waals surface area contributed by atoms with E-state index in [9.17, 15) is 18.7 Å². The first kappa shape index (κ1) is 16.5. The third kappa shape index (κ3) is 3.47. The average molecular weight is 305 g/mol. The normalized spacial score (nSPS) is 28.5. The van der Waals surface area contributed by atoms with E-state index < -0.39 is 35.6 Å². The van der Waals surface area contributed by atoms with Crippen LogP contribution < -0.4 is 0 Å². The molecule has 1 spiro atoms. The molecule has 0 aromatic heterocycles. The molecule has 6 heteroatoms. The molecule has 2 fully saturated rings. The Labute approximate surface area is 124 Å². The molecular formula is C15H25F2NO3. The summed E-state index contributed by atoms with van der Waals surface area (Å²) in [5, 5.41) is 9.46. The zero-order valence-corrected chi connectivity index (χ0v) is 13.0. The van der Waals surface area contributed by atoms with Crippen LogP contribution >= 0.6 is 0 Å². The molecule has 4 nitrogen and oxygen atoms in total. The largest absolute Gasteiger partial charge is 0.444 e. The fraction of sp³-hybridized carbons (Fsp3) is 0.933. The smallest absolute Gasteiger partial charge is 0.410 e. The zero-order chi connectivity index (χ0) is 15.9. The van der Waals surface area contributed by atoms with Gasteiger partial charge in [-0.1, -0.05) is 0 Å². The van der Waals surface area contributed by atoms with Crippen LogP contribution in [0.25, 0.3) is 0 Å². The van der Waals surface area contributed by atoms with E-state index >= 15 is 0 Å². The molecule has 1 saturated carbocycles. The van der Waals surface area contributed by atoms with Gasteiger partial charge in [0.1, 0.15) is 5.60 Å². The lowest BCUT2D eigenvalue weighted by Crippen LogP contribution is -2.55. The van der Waals surface area contributed by atoms with E-state index in [-0.39, 0.29) is 12.8 Å². The standard InChI is InChI=1S/C15H25F2NO3/c1-13(2,3)21-12(20)18-8-6-14(7-9-18)5-4-11(19)10-15(14,16)17/h11,19H,4-10H2,1-3H3. The maximum absolute atomic E-state index is 14.3. The van der Waals surface area contributed by atoms with Crippen molar-refractivity contribution >= 4 is 6.09 Å². The highest BCUT2D eigenvalue weighted by Gasteiger charge is 2.57. The molecule has 1 unspecified atom stereocenters. The van der Waals surface area contributed by atoms with Gasteiger partial charge in [-0.2, -0.15) is 0 Å². The highest BCUT2D eigenvalue weighted by Crippen LogP contribution is 2.54. The molecule has 122 valence electrons. The maximum atomic E-state index is 14.3. The number of carbonyl (C=O) groups excluding carboxylic acids is 1. The van der Waals surface area contributed by atoms with Crippen LogP contribution in [0.15, 0.2) is 0 Å². The number of amides is 1. The Balaban J connectivity index is 1.98. The fourth-order valence-corrected chi connectivity index (χ4v) is 3.30. The predicted molar refractivity (Wildman–Crippen MR) is 74.3 cm³/mol. The molecule has 21 heavy (non-hydrogen) atoms. The quantitative estimate of drug-likeness (QED) is 0.748. The Morgan fingerprint density at radius 1 is 1.24 bits per heavy atom. The Hall–Kier alpha value is -0.910. The SMILES string of the molecule is CC(C)(C)OC(=O)N1CCC2(CCC(O)CC2(F)F)CC1. The van der Waals surface area contributed by atoms with Crippen molar-refractivity contribution in [2.45, 2.75) is 70.5 Å². The van der Waals surface area contributed by atoms with E-state index in [1.165, 1.54) is 4.90 Å². The summed E-state index contributed by atoms with van der Waals surface area (Å²) in [5.41, 5.74) is -1.64. The number of nitrogens with zero attached hydrogens (tertiary/aromatic N) is 1. The average Bonchev–Trinajstić information content (AvgIpc) is 2.32. The van der Waals surface area contributed by atoms with Crippen LogP contribution in [0, 0.1) is 5.41 Å². The second-order valence-electron chi connectivity index (χ2n) is 7.35. The summed E-state index contributed by atoms with van der Waals surface area (Å²) in [5.74, 6) is -2.86. The number of carbonyl (C=O) groups is 1. The van der Waals surface area contributed by atoms with Gasteiger partial charge in [0, 0.05) is 24.9 Å². The van der Waals surface area contributed by atoms with E-state index in [4.69, 9.17) is 4.74 Å². The number of ether oxygens (including phenoxy) is 1. The Morgan fingerprint density at radius 2 is 1.81 bits per heavy atom. The molecule has 0 aromatic carbocycles. The highest BCUT2D eigenvalue weighted by molar-refractivity contribution is 5.68. The molecule has 1 N–H and O–H groups in total. The molecule has 1 saturated heterocycles. The molecule has 1 heterocycles. The van der Waals surface area contributed by atoms with Gasteiger partial charge in [0.05, 0.1) is 6.10 Å². The van der Waals surface area contributed by atoms with Crippen LogP contribution in [0.4, 0.5) is 13.6 Å². The lowest BCUT2D eigenvalue weighted by molar-refractivity contribution is -0.192. The topological polar surface area (TPSA) is 49.8 Å². The minimum Gasteiger partial charge on any atom is -0.444 e. The molecule has 1 aliphatic heterocycles. The van der Waals surface area contributed by atoms with Crippen LogP contribution in [0.1, 0.15) is 52.9 Å². The van der Waals surface area contributed by atoms with E-state index in [2.05, 4.69) is 0 Å². The number of aliphatic hydroxyl groups excluding tert-OH is 1. The van der Waals surface area contributed by atoms with E-state index in [1.807, 2.05) is 0 Å². The van der Waals surface area contributed by atoms with Gasteiger partial charge < -0.3 is 14.7 Å². The summed E-state index contributed by atoms with van der Waals surface area (Å²) in [6.07, 6.45) is -0.520. The van der Waals surface area contributed by atoms with Crippen LogP contribution in [0.3, 0.4) is 0 Å². The van der Waals surface area contributed by atoms with Gasteiger partial charge in [-0.15, -0.1) is 0 Å². The van der Waals surface area contributed by atoms with Crippen LogP contribution in [-0.2, 0) is 4.74 Å². The molecule has 1 atom stereocenters. The van der Waals surface area contributed by atoms with Crippen molar-refractivity contribution in [1.29, 1.82) is 0 Å². The minimum absolute atomic E-state index is 0.270. The number of hydrogen-bond acceptors (Lipinski definition) is 3. The van der Waals surface area contributed by atoms with Crippen molar-refractivity contribution in [1.82, 2.24) is 4.90 Å². The van der Waals surface area contributed by atoms with Crippen LogP contribution in [0.2, 0.25) is 0 Å². The van der Waals surface area contributed by atoms with Crippen molar-refractivity contribution in [2.75, 3.05) is 13.1 Å². The van der Waals surface area contributed by atoms with Crippen molar-refractivity contribution < 1.29 is 23.4 Å². The van der Waals surface area contributed by atoms with Crippen molar-refractivity contribution in [3.63, 3.8) is 0 Å². The van der Waals surface area contributed by atoms with E-state index in [1.54, 1.807) is 20.8 Å². The molecule has 1 amide bonds. The lowest BCUT2D eigenvalue weighted by atomic mass is 9.64. The Bertz CT molecular complexity index is 398. The van der Waals surface area contributed by atoms with Crippen LogP contribution in [-0.4, -0.2) is 46.8 Å². The Morgan fingerprint density at radius 3 is 2.29 bits per heavy atom. The third-order valence-electron chi connectivity index (χ3n) is 4.60. The molecule has 2 rings (SSSR count). The lowest BCUT2D eigenvalue weighted by Gasteiger charge is -2.49. The van der Waals surface area contributed by atoms with E-state index in [0.29, 0.717) is 25.9 Å². The van der Waals surface area contributed by atoms with Gasteiger partial charge in [0.2, 0.25) is 0 Å². The number of rotatable bonds is 0. The summed E-state index contributed by atoms with van der Waals surface area (Å²) in [4.78, 5) is 13.5. The first-order valence-electron chi connectivity index (χ1n) is 7.59. The molecule has 0 aromatic rings. The first-order chi connectivity index (χ1) is 9.55. The number of alkyl halides is 2. The first-order valence-corrected chi connectivity index (χ1v) is 7.59. The summed E-state index contributed by atoms with van der Waals surface area (Å²) < 4.78 is 33.9. The second-order valence-corrected chi connectivity index (χ2v) is 7.35. The van der Waals surface area contributed by atoms with Gasteiger partial charge in [-0.25, -0.2) is 13.6 Å². The van der Waals surface area contributed by atoms with Gasteiger partial charge in [0.15, 0.2) is 0 Å². The summed E-state index contributed by atoms with van der Waals surface area (Å²) in [6, 6.07) is 0. The number of halogens is 2. The fourth-order valence-electron chi connectivity index (χ4n) is 3.30. The predicted octanol–water partition coefficient (Wildman–Crippen LogP) is 3.18. The number of aliphatic hydroxyl groups is 1. The molecule has 2 aliphatic rings. The van der Waals surface area contributed by atoms with Gasteiger partial charge in [0.25, 0.3) is 5.92 Å². The minimum atomic E-state index is -2.86. The number of hydrogen-bond donors (Lipinski definition) is 1. The Kier molecular flexibility index (Phi) is 4.21. The summed E-state index contributed by atoms with van der Waals surface area (Å²) in [7, 11) is 0. The number of piperidine rings is 1. The van der Waals surface area contributed by atoms with Gasteiger partial charge >= 0.3 is 6.09 Å². The second kappa shape index (κ2) is 5.38. The summed E-state index contributed by atoms with van der Waals surface area (Å²) >= 11 is 0. The summed E-state index contributed by atoms with van der Waals surface area (Å²) in [6.45, 7) is 5.94.